The molecule has 0 aromatic heterocycles. The van der Waals surface area contributed by atoms with Crippen molar-refractivity contribution in [3.05, 3.63) is 0 Å². The molecule has 0 aromatic rings. The standard InChI is InChI=1S/C16H33NO4S/c1-2-3-4-5-6-7-8-9-10-11-12-13-14-15-16(18)17-22(19,20)21/h2-15H2,1H3,(H,17,18)(H,19,20,21). The Morgan fingerprint density at radius 1 is 0.773 bits per heavy atom. The molecule has 0 aromatic carbocycles. The van der Waals surface area contributed by atoms with E-state index in [9.17, 15) is 13.2 Å². The second kappa shape index (κ2) is 14.0. The summed E-state index contributed by atoms with van der Waals surface area (Å²) in [6.07, 6.45) is 16.0. The molecule has 0 heterocycles. The van der Waals surface area contributed by atoms with E-state index in [1.54, 1.807) is 4.72 Å². The van der Waals surface area contributed by atoms with Crippen LogP contribution < -0.4 is 4.72 Å². The Balaban J connectivity index is 3.19. The number of nitrogens with one attached hydrogen (secondary N) is 1. The number of carbonyl (C=O) groups excluding carboxylic acids is 1. The van der Waals surface area contributed by atoms with Crippen molar-refractivity contribution in [1.29, 1.82) is 0 Å². The van der Waals surface area contributed by atoms with Crippen LogP contribution in [0.25, 0.3) is 0 Å². The van der Waals surface area contributed by atoms with Crippen molar-refractivity contribution < 1.29 is 17.8 Å². The van der Waals surface area contributed by atoms with E-state index in [2.05, 4.69) is 6.92 Å². The summed E-state index contributed by atoms with van der Waals surface area (Å²) in [7, 11) is -4.39. The summed E-state index contributed by atoms with van der Waals surface area (Å²) in [5, 5.41) is 0. The first kappa shape index (κ1) is 21.4. The van der Waals surface area contributed by atoms with Crippen LogP contribution in [0.4, 0.5) is 0 Å². The number of hydrogen-bond donors (Lipinski definition) is 2. The maximum atomic E-state index is 11.1. The van der Waals surface area contributed by atoms with Gasteiger partial charge in [-0.15, -0.1) is 0 Å². The van der Waals surface area contributed by atoms with Gasteiger partial charge in [-0.1, -0.05) is 84.0 Å². The molecule has 1 amide bonds. The lowest BCUT2D eigenvalue weighted by Crippen LogP contribution is -2.29. The molecule has 6 heteroatoms. The number of unbranched alkanes of at least 4 members (excludes halogenated alkanes) is 12. The first-order valence-electron chi connectivity index (χ1n) is 8.73. The maximum absolute atomic E-state index is 11.1. The lowest BCUT2D eigenvalue weighted by atomic mass is 10.0. The van der Waals surface area contributed by atoms with Crippen molar-refractivity contribution in [3.63, 3.8) is 0 Å². The van der Waals surface area contributed by atoms with Crippen molar-refractivity contribution in [3.8, 4) is 0 Å². The van der Waals surface area contributed by atoms with Crippen molar-refractivity contribution in [1.82, 2.24) is 4.72 Å². The molecule has 5 nitrogen and oxygen atoms in total. The predicted molar refractivity (Wildman–Crippen MR) is 90.0 cm³/mol. The molecule has 0 atom stereocenters. The van der Waals surface area contributed by atoms with Crippen molar-refractivity contribution in [2.75, 3.05) is 0 Å². The zero-order chi connectivity index (χ0) is 16.7. The summed E-state index contributed by atoms with van der Waals surface area (Å²) in [5.41, 5.74) is 0. The molecule has 2 N–H and O–H groups in total. The topological polar surface area (TPSA) is 83.5 Å². The van der Waals surface area contributed by atoms with Gasteiger partial charge in [-0.3, -0.25) is 9.35 Å². The average Bonchev–Trinajstić information content (AvgIpc) is 2.42. The van der Waals surface area contributed by atoms with Gasteiger partial charge < -0.3 is 0 Å². The van der Waals surface area contributed by atoms with Crippen LogP contribution in [0.5, 0.6) is 0 Å². The SMILES string of the molecule is CCCCCCCCCCCCCCCC(=O)NS(=O)(=O)O. The fourth-order valence-electron chi connectivity index (χ4n) is 2.50. The first-order valence-corrected chi connectivity index (χ1v) is 10.2. The predicted octanol–water partition coefficient (Wildman–Crippen LogP) is 4.39. The van der Waals surface area contributed by atoms with Crippen LogP contribution in [-0.4, -0.2) is 18.9 Å². The summed E-state index contributed by atoms with van der Waals surface area (Å²) in [4.78, 5) is 11.1. The summed E-state index contributed by atoms with van der Waals surface area (Å²) in [5.74, 6) is -0.634. The Morgan fingerprint density at radius 2 is 1.14 bits per heavy atom. The summed E-state index contributed by atoms with van der Waals surface area (Å²) in [6.45, 7) is 2.24. The van der Waals surface area contributed by atoms with Crippen LogP contribution in [0.1, 0.15) is 96.8 Å². The highest BCUT2D eigenvalue weighted by Gasteiger charge is 2.08. The van der Waals surface area contributed by atoms with Gasteiger partial charge in [0.1, 0.15) is 0 Å². The van der Waals surface area contributed by atoms with E-state index in [4.69, 9.17) is 4.55 Å². The van der Waals surface area contributed by atoms with Gasteiger partial charge in [-0.25, -0.2) is 4.72 Å². The highest BCUT2D eigenvalue weighted by atomic mass is 32.2. The molecule has 0 unspecified atom stereocenters. The Morgan fingerprint density at radius 3 is 1.50 bits per heavy atom. The normalized spacial score (nSPS) is 11.5. The van der Waals surface area contributed by atoms with Gasteiger partial charge in [0.2, 0.25) is 5.91 Å². The highest BCUT2D eigenvalue weighted by molar-refractivity contribution is 7.84. The Bertz CT molecular complexity index is 368. The van der Waals surface area contributed by atoms with Crippen LogP contribution in [-0.2, 0) is 15.1 Å². The first-order chi connectivity index (χ1) is 10.5. The molecular formula is C16H33NO4S. The van der Waals surface area contributed by atoms with Gasteiger partial charge in [0.25, 0.3) is 0 Å². The molecule has 0 aliphatic heterocycles. The Labute approximate surface area is 136 Å². The van der Waals surface area contributed by atoms with Crippen LogP contribution in [0, 0.1) is 0 Å². The molecule has 0 aliphatic rings. The second-order valence-corrected chi connectivity index (χ2v) is 7.15. The Hall–Kier alpha value is -0.620. The molecule has 0 rings (SSSR count). The minimum Gasteiger partial charge on any atom is -0.274 e. The van der Waals surface area contributed by atoms with Gasteiger partial charge in [0, 0.05) is 6.42 Å². The lowest BCUT2D eigenvalue weighted by molar-refractivity contribution is -0.119. The summed E-state index contributed by atoms with van der Waals surface area (Å²) < 4.78 is 30.8. The highest BCUT2D eigenvalue weighted by Crippen LogP contribution is 2.12. The third-order valence-corrected chi connectivity index (χ3v) is 4.24. The van der Waals surface area contributed by atoms with Crippen molar-refractivity contribution >= 4 is 16.2 Å². The fourth-order valence-corrected chi connectivity index (χ4v) is 2.89. The minimum absolute atomic E-state index is 0.150. The Kier molecular flexibility index (Phi) is 13.6. The quantitative estimate of drug-likeness (QED) is 0.343. The second-order valence-electron chi connectivity index (χ2n) is 5.99. The monoisotopic (exact) mass is 335 g/mol. The van der Waals surface area contributed by atoms with Gasteiger partial charge in [-0.05, 0) is 6.42 Å². The largest absolute Gasteiger partial charge is 0.359 e. The molecule has 0 bridgehead atoms. The molecule has 0 saturated carbocycles. The van der Waals surface area contributed by atoms with Crippen LogP contribution >= 0.6 is 0 Å². The van der Waals surface area contributed by atoms with E-state index in [1.807, 2.05) is 0 Å². The van der Waals surface area contributed by atoms with Crippen LogP contribution in [0.2, 0.25) is 0 Å². The third-order valence-electron chi connectivity index (χ3n) is 3.75. The minimum atomic E-state index is -4.39. The van der Waals surface area contributed by atoms with Gasteiger partial charge >= 0.3 is 10.3 Å². The van der Waals surface area contributed by atoms with Crippen LogP contribution in [0.3, 0.4) is 0 Å². The van der Waals surface area contributed by atoms with Crippen LogP contribution in [0.15, 0.2) is 0 Å². The maximum Gasteiger partial charge on any atom is 0.359 e. The fraction of sp³-hybridized carbons (Fsp3) is 0.938. The van der Waals surface area contributed by atoms with E-state index in [0.29, 0.717) is 6.42 Å². The van der Waals surface area contributed by atoms with Crippen molar-refractivity contribution in [2.45, 2.75) is 96.8 Å². The molecular weight excluding hydrogens is 302 g/mol. The lowest BCUT2D eigenvalue weighted by Gasteiger charge is -2.03. The summed E-state index contributed by atoms with van der Waals surface area (Å²) in [6, 6.07) is 0. The van der Waals surface area contributed by atoms with E-state index in [1.165, 1.54) is 64.2 Å². The molecule has 0 saturated heterocycles. The third kappa shape index (κ3) is 17.4. The number of rotatable bonds is 15. The van der Waals surface area contributed by atoms with E-state index in [-0.39, 0.29) is 6.42 Å². The zero-order valence-electron chi connectivity index (χ0n) is 14.0. The zero-order valence-corrected chi connectivity index (χ0v) is 14.8. The van der Waals surface area contributed by atoms with Crippen molar-refractivity contribution in [2.24, 2.45) is 0 Å². The van der Waals surface area contributed by atoms with Gasteiger partial charge in [-0.2, -0.15) is 8.42 Å². The molecule has 0 spiro atoms. The average molecular weight is 336 g/mol. The van der Waals surface area contributed by atoms with Gasteiger partial charge in [0.15, 0.2) is 0 Å². The molecule has 0 radical (unpaired) electrons. The molecule has 0 fully saturated rings. The smallest absolute Gasteiger partial charge is 0.274 e. The number of amides is 1. The van der Waals surface area contributed by atoms with E-state index >= 15 is 0 Å². The summed E-state index contributed by atoms with van der Waals surface area (Å²) >= 11 is 0. The molecule has 0 aliphatic carbocycles. The molecule has 22 heavy (non-hydrogen) atoms. The van der Waals surface area contributed by atoms with Gasteiger partial charge in [0.05, 0.1) is 0 Å². The molecule has 132 valence electrons. The number of carbonyl (C=O) groups is 1. The van der Waals surface area contributed by atoms with E-state index in [0.717, 1.165) is 12.8 Å². The van der Waals surface area contributed by atoms with E-state index < -0.39 is 16.2 Å². The number of hydrogen-bond acceptors (Lipinski definition) is 3.